The maximum absolute atomic E-state index is 6.13. The molecule has 2 rings (SSSR count). The molecule has 1 fully saturated rings. The van der Waals surface area contributed by atoms with Crippen LogP contribution in [-0.2, 0) is 4.74 Å². The third-order valence-electron chi connectivity index (χ3n) is 4.94. The average molecular weight is 460 g/mol. The molecule has 0 unspecified atom stereocenters. The van der Waals surface area contributed by atoms with Gasteiger partial charge in [-0.25, -0.2) is 4.99 Å². The van der Waals surface area contributed by atoms with E-state index in [2.05, 4.69) is 27.1 Å². The quantitative estimate of drug-likeness (QED) is 0.309. The Bertz CT molecular complexity index is 824. The Labute approximate surface area is 197 Å². The van der Waals surface area contributed by atoms with Crippen molar-refractivity contribution in [2.24, 2.45) is 16.6 Å². The molecule has 0 spiro atoms. The zero-order valence-corrected chi connectivity index (χ0v) is 20.5. The Morgan fingerprint density at radius 2 is 2.00 bits per heavy atom. The summed E-state index contributed by atoms with van der Waals surface area (Å²) in [6, 6.07) is 7.86. The number of ether oxygens (including phenoxy) is 2. The number of aliphatic imine (C=N–C) groups is 1. The van der Waals surface area contributed by atoms with Crippen LogP contribution in [-0.4, -0.2) is 54.8 Å². The van der Waals surface area contributed by atoms with Crippen LogP contribution < -0.4 is 21.1 Å². The molecule has 7 nitrogen and oxygen atoms in total. The molecule has 0 amide bonds. The first kappa shape index (κ1) is 25.7. The van der Waals surface area contributed by atoms with Crippen LogP contribution in [0.5, 0.6) is 5.75 Å². The molecule has 0 aromatic heterocycles. The summed E-state index contributed by atoms with van der Waals surface area (Å²) >= 11 is 5.21. The smallest absolute Gasteiger partial charge is 0.217 e. The highest BCUT2D eigenvalue weighted by Gasteiger charge is 2.23. The van der Waals surface area contributed by atoms with E-state index < -0.39 is 0 Å². The van der Waals surface area contributed by atoms with Crippen LogP contribution >= 0.6 is 12.2 Å². The second-order valence-electron chi connectivity index (χ2n) is 8.82. The minimum atomic E-state index is -0.351. The van der Waals surface area contributed by atoms with Gasteiger partial charge < -0.3 is 25.8 Å². The molecule has 0 saturated carbocycles. The van der Waals surface area contributed by atoms with Crippen molar-refractivity contribution in [3.8, 4) is 5.75 Å². The van der Waals surface area contributed by atoms with Gasteiger partial charge in [-0.05, 0) is 77.0 Å². The fraction of sp³-hybridized carbons (Fsp3) is 0.500. The van der Waals surface area contributed by atoms with E-state index in [4.69, 9.17) is 27.4 Å². The summed E-state index contributed by atoms with van der Waals surface area (Å²) < 4.78 is 12.1. The summed E-state index contributed by atoms with van der Waals surface area (Å²) in [4.78, 5) is 6.71. The lowest BCUT2D eigenvalue weighted by Crippen LogP contribution is -2.38. The number of hydrogen-bond acceptors (Lipinski definition) is 6. The average Bonchev–Trinajstić information content (AvgIpc) is 2.76. The van der Waals surface area contributed by atoms with Crippen molar-refractivity contribution in [1.82, 2.24) is 10.2 Å². The first-order valence-corrected chi connectivity index (χ1v) is 11.4. The normalized spacial score (nSPS) is 16.1. The number of nitrogens with one attached hydrogen (secondary N) is 2. The predicted octanol–water partition coefficient (Wildman–Crippen LogP) is 3.89. The first-order valence-electron chi connectivity index (χ1n) is 11.0. The van der Waals surface area contributed by atoms with Gasteiger partial charge in [-0.2, -0.15) is 0 Å². The zero-order valence-electron chi connectivity index (χ0n) is 19.7. The van der Waals surface area contributed by atoms with Crippen LogP contribution in [0.4, 0.5) is 5.69 Å². The topological polar surface area (TPSA) is 84.1 Å². The molecule has 1 heterocycles. The molecule has 176 valence electrons. The number of nitrogens with zero attached hydrogens (tertiary/aromatic N) is 2. The molecule has 1 aromatic rings. The van der Waals surface area contributed by atoms with Crippen molar-refractivity contribution in [2.45, 2.75) is 39.2 Å². The lowest BCUT2D eigenvalue weighted by Gasteiger charge is -2.33. The lowest BCUT2D eigenvalue weighted by atomic mass is 9.97. The van der Waals surface area contributed by atoms with Crippen LogP contribution in [0.25, 0.3) is 0 Å². The molecular formula is C24H37N5O2S. The van der Waals surface area contributed by atoms with E-state index in [0.717, 1.165) is 49.5 Å². The Morgan fingerprint density at radius 3 is 2.62 bits per heavy atom. The maximum atomic E-state index is 6.13. The third kappa shape index (κ3) is 8.88. The van der Waals surface area contributed by atoms with Gasteiger partial charge in [-0.15, -0.1) is 0 Å². The molecule has 0 bridgehead atoms. The number of thiocarbonyl (C=S) groups is 1. The summed E-state index contributed by atoms with van der Waals surface area (Å²) in [6.07, 6.45) is 5.05. The monoisotopic (exact) mass is 459 g/mol. The molecule has 1 aliphatic rings. The number of rotatable bonds is 8. The van der Waals surface area contributed by atoms with Crippen LogP contribution in [0, 0.1) is 5.92 Å². The van der Waals surface area contributed by atoms with Gasteiger partial charge in [0.1, 0.15) is 11.4 Å². The maximum Gasteiger partial charge on any atom is 0.217 e. The minimum absolute atomic E-state index is 0.351. The fourth-order valence-corrected chi connectivity index (χ4v) is 3.44. The summed E-state index contributed by atoms with van der Waals surface area (Å²) in [5.41, 5.74) is 6.82. The molecule has 1 saturated heterocycles. The molecular weight excluding hydrogens is 422 g/mol. The fourth-order valence-electron chi connectivity index (χ4n) is 3.33. The SMILES string of the molecule is C=C(CN1CCC(COc2ccccc2NC(=S)NC)CC1)/C(=N\C=C/N)OC(C)(C)C. The van der Waals surface area contributed by atoms with E-state index in [1.807, 2.05) is 45.0 Å². The van der Waals surface area contributed by atoms with Crippen molar-refractivity contribution in [3.63, 3.8) is 0 Å². The largest absolute Gasteiger partial charge is 0.491 e. The van der Waals surface area contributed by atoms with E-state index in [1.165, 1.54) is 12.4 Å². The Morgan fingerprint density at radius 1 is 1.31 bits per heavy atom. The third-order valence-corrected chi connectivity index (χ3v) is 5.25. The predicted molar refractivity (Wildman–Crippen MR) is 137 cm³/mol. The van der Waals surface area contributed by atoms with Gasteiger partial charge in [0.15, 0.2) is 5.11 Å². The van der Waals surface area contributed by atoms with Gasteiger partial charge in [-0.1, -0.05) is 18.7 Å². The highest BCUT2D eigenvalue weighted by atomic mass is 32.1. The number of anilines is 1. The van der Waals surface area contributed by atoms with Crippen LogP contribution in [0.1, 0.15) is 33.6 Å². The Balaban J connectivity index is 1.85. The molecule has 4 N–H and O–H groups in total. The Hall–Kier alpha value is -2.58. The summed E-state index contributed by atoms with van der Waals surface area (Å²) in [6.45, 7) is 13.5. The summed E-state index contributed by atoms with van der Waals surface area (Å²) in [7, 11) is 1.79. The molecule has 8 heteroatoms. The molecule has 0 atom stereocenters. The van der Waals surface area contributed by atoms with Crippen molar-refractivity contribution < 1.29 is 9.47 Å². The van der Waals surface area contributed by atoms with Gasteiger partial charge >= 0.3 is 0 Å². The van der Waals surface area contributed by atoms with Gasteiger partial charge in [0.2, 0.25) is 5.90 Å². The second-order valence-corrected chi connectivity index (χ2v) is 9.23. The van der Waals surface area contributed by atoms with Crippen molar-refractivity contribution >= 4 is 28.9 Å². The van der Waals surface area contributed by atoms with E-state index in [1.54, 1.807) is 7.05 Å². The molecule has 0 radical (unpaired) electrons. The number of piperidine rings is 1. The Kier molecular flexibility index (Phi) is 9.99. The highest BCUT2D eigenvalue weighted by Crippen LogP contribution is 2.26. The number of likely N-dealkylation sites (tertiary alicyclic amines) is 1. The van der Waals surface area contributed by atoms with Crippen molar-refractivity contribution in [1.29, 1.82) is 0 Å². The van der Waals surface area contributed by atoms with Gasteiger partial charge in [0.25, 0.3) is 0 Å². The molecule has 1 aromatic carbocycles. The lowest BCUT2D eigenvalue weighted by molar-refractivity contribution is 0.114. The first-order chi connectivity index (χ1) is 15.2. The highest BCUT2D eigenvalue weighted by molar-refractivity contribution is 7.80. The second kappa shape index (κ2) is 12.5. The van der Waals surface area contributed by atoms with Gasteiger partial charge in [-0.3, -0.25) is 4.90 Å². The zero-order chi connectivity index (χ0) is 23.6. The van der Waals surface area contributed by atoms with Crippen LogP contribution in [0.3, 0.4) is 0 Å². The van der Waals surface area contributed by atoms with Crippen LogP contribution in [0.15, 0.2) is 53.8 Å². The van der Waals surface area contributed by atoms with E-state index in [-0.39, 0.29) is 5.60 Å². The van der Waals surface area contributed by atoms with E-state index in [9.17, 15) is 0 Å². The summed E-state index contributed by atoms with van der Waals surface area (Å²) in [5.74, 6) is 1.85. The number of hydrogen-bond donors (Lipinski definition) is 3. The number of para-hydroxylation sites is 2. The summed E-state index contributed by atoms with van der Waals surface area (Å²) in [5, 5.41) is 6.65. The van der Waals surface area contributed by atoms with Crippen molar-refractivity contribution in [3.05, 3.63) is 48.8 Å². The molecule has 1 aliphatic heterocycles. The van der Waals surface area contributed by atoms with Gasteiger partial charge in [0.05, 0.1) is 12.3 Å². The standard InChI is InChI=1S/C24H37N5O2S/c1-18(22(27-13-12-25)31-24(2,3)4)16-29-14-10-19(11-15-29)17-30-21-9-7-6-8-20(21)28-23(32)26-5/h6-9,12-13,19H,1,10-11,14-17,25H2,2-5H3,(H2,26,28,32)/b13-12-,27-22+. The number of nitrogens with two attached hydrogens (primary N) is 1. The van der Waals surface area contributed by atoms with E-state index in [0.29, 0.717) is 23.5 Å². The van der Waals surface area contributed by atoms with Crippen molar-refractivity contribution in [2.75, 3.05) is 38.6 Å². The molecule has 0 aliphatic carbocycles. The van der Waals surface area contributed by atoms with E-state index >= 15 is 0 Å². The van der Waals surface area contributed by atoms with Gasteiger partial charge in [0, 0.05) is 31.6 Å². The molecule has 32 heavy (non-hydrogen) atoms. The number of benzene rings is 1. The van der Waals surface area contributed by atoms with Crippen LogP contribution in [0.2, 0.25) is 0 Å². The minimum Gasteiger partial charge on any atom is -0.491 e.